The minimum Gasteiger partial charge on any atom is -0.380 e. The van der Waals surface area contributed by atoms with Crippen LogP contribution in [-0.4, -0.2) is 18.1 Å². The van der Waals surface area contributed by atoms with E-state index < -0.39 is 0 Å². The molecule has 0 aliphatic heterocycles. The minimum absolute atomic E-state index is 0.857. The molecule has 0 radical (unpaired) electrons. The number of anilines is 2. The Kier molecular flexibility index (Phi) is 4.59. The van der Waals surface area contributed by atoms with Gasteiger partial charge in [-0.3, -0.25) is 0 Å². The standard InChI is InChI=1S/C14H19N3S/c1-3-17(4-2)14-6-5-13(10-16-14)15-9-12-7-8-18-11-12/h5-8,10-11,15H,3-4,9H2,1-2H3. The number of hydrogen-bond donors (Lipinski definition) is 1. The van der Waals surface area contributed by atoms with Crippen LogP contribution < -0.4 is 10.2 Å². The average molecular weight is 261 g/mol. The van der Waals surface area contributed by atoms with Gasteiger partial charge in [-0.2, -0.15) is 11.3 Å². The van der Waals surface area contributed by atoms with E-state index >= 15 is 0 Å². The predicted octanol–water partition coefficient (Wildman–Crippen LogP) is 3.60. The molecule has 0 spiro atoms. The summed E-state index contributed by atoms with van der Waals surface area (Å²) in [6.07, 6.45) is 1.90. The highest BCUT2D eigenvalue weighted by Gasteiger charge is 2.02. The number of thiophene rings is 1. The number of hydrogen-bond acceptors (Lipinski definition) is 4. The lowest BCUT2D eigenvalue weighted by molar-refractivity contribution is 0.846. The van der Waals surface area contributed by atoms with Gasteiger partial charge in [-0.1, -0.05) is 0 Å². The zero-order valence-electron chi connectivity index (χ0n) is 10.9. The molecule has 0 fully saturated rings. The molecule has 18 heavy (non-hydrogen) atoms. The van der Waals surface area contributed by atoms with Gasteiger partial charge in [0.25, 0.3) is 0 Å². The second-order valence-corrected chi connectivity index (χ2v) is 4.84. The summed E-state index contributed by atoms with van der Waals surface area (Å²) >= 11 is 1.72. The van der Waals surface area contributed by atoms with Crippen molar-refractivity contribution in [1.29, 1.82) is 0 Å². The second kappa shape index (κ2) is 6.40. The Morgan fingerprint density at radius 3 is 2.61 bits per heavy atom. The molecule has 0 unspecified atom stereocenters. The van der Waals surface area contributed by atoms with Crippen molar-refractivity contribution in [3.63, 3.8) is 0 Å². The first kappa shape index (κ1) is 12.9. The summed E-state index contributed by atoms with van der Waals surface area (Å²) in [4.78, 5) is 6.73. The summed E-state index contributed by atoms with van der Waals surface area (Å²) in [6.45, 7) is 7.13. The molecule has 3 nitrogen and oxygen atoms in total. The molecule has 0 atom stereocenters. The van der Waals surface area contributed by atoms with Gasteiger partial charge in [0.05, 0.1) is 11.9 Å². The molecule has 0 aliphatic rings. The molecular weight excluding hydrogens is 242 g/mol. The van der Waals surface area contributed by atoms with Crippen LogP contribution in [0.1, 0.15) is 19.4 Å². The summed E-state index contributed by atoms with van der Waals surface area (Å²) in [7, 11) is 0. The van der Waals surface area contributed by atoms with E-state index in [2.05, 4.69) is 58.0 Å². The van der Waals surface area contributed by atoms with Crippen molar-refractivity contribution < 1.29 is 0 Å². The van der Waals surface area contributed by atoms with Crippen molar-refractivity contribution in [3.8, 4) is 0 Å². The number of nitrogens with one attached hydrogen (secondary N) is 1. The van der Waals surface area contributed by atoms with Gasteiger partial charge in [0, 0.05) is 19.6 Å². The number of aromatic nitrogens is 1. The third kappa shape index (κ3) is 3.23. The van der Waals surface area contributed by atoms with Gasteiger partial charge in [0.2, 0.25) is 0 Å². The van der Waals surface area contributed by atoms with Gasteiger partial charge in [0.15, 0.2) is 0 Å². The van der Waals surface area contributed by atoms with E-state index in [1.807, 2.05) is 6.20 Å². The molecule has 2 rings (SSSR count). The molecule has 0 aromatic carbocycles. The third-order valence-electron chi connectivity index (χ3n) is 2.91. The summed E-state index contributed by atoms with van der Waals surface area (Å²) in [5.74, 6) is 1.04. The van der Waals surface area contributed by atoms with Crippen molar-refractivity contribution in [2.45, 2.75) is 20.4 Å². The van der Waals surface area contributed by atoms with Gasteiger partial charge >= 0.3 is 0 Å². The minimum atomic E-state index is 0.857. The topological polar surface area (TPSA) is 28.2 Å². The fourth-order valence-corrected chi connectivity index (χ4v) is 2.49. The first-order chi connectivity index (χ1) is 8.83. The molecule has 2 aromatic rings. The van der Waals surface area contributed by atoms with Gasteiger partial charge < -0.3 is 10.2 Å². The largest absolute Gasteiger partial charge is 0.380 e. The van der Waals surface area contributed by atoms with Crippen molar-refractivity contribution in [2.24, 2.45) is 0 Å². The molecular formula is C14H19N3S. The molecule has 0 saturated carbocycles. The first-order valence-electron chi connectivity index (χ1n) is 6.29. The van der Waals surface area contributed by atoms with Crippen LogP contribution in [0.3, 0.4) is 0 Å². The van der Waals surface area contributed by atoms with Gasteiger partial charge in [0.1, 0.15) is 5.82 Å². The van der Waals surface area contributed by atoms with Crippen LogP contribution in [0.25, 0.3) is 0 Å². The molecule has 0 amide bonds. The molecule has 2 heterocycles. The predicted molar refractivity (Wildman–Crippen MR) is 79.4 cm³/mol. The highest BCUT2D eigenvalue weighted by atomic mass is 32.1. The zero-order chi connectivity index (χ0) is 12.8. The van der Waals surface area contributed by atoms with Crippen molar-refractivity contribution >= 4 is 22.8 Å². The Morgan fingerprint density at radius 2 is 2.06 bits per heavy atom. The highest BCUT2D eigenvalue weighted by Crippen LogP contribution is 2.15. The monoisotopic (exact) mass is 261 g/mol. The summed E-state index contributed by atoms with van der Waals surface area (Å²) in [5, 5.41) is 7.63. The van der Waals surface area contributed by atoms with E-state index in [9.17, 15) is 0 Å². The maximum Gasteiger partial charge on any atom is 0.128 e. The normalized spacial score (nSPS) is 10.3. The molecule has 1 N–H and O–H groups in total. The molecule has 0 aliphatic carbocycles. The Hall–Kier alpha value is -1.55. The van der Waals surface area contributed by atoms with E-state index in [1.165, 1.54) is 5.56 Å². The lowest BCUT2D eigenvalue weighted by Crippen LogP contribution is -2.22. The van der Waals surface area contributed by atoms with E-state index in [4.69, 9.17) is 0 Å². The van der Waals surface area contributed by atoms with Crippen molar-refractivity contribution in [3.05, 3.63) is 40.7 Å². The highest BCUT2D eigenvalue weighted by molar-refractivity contribution is 7.07. The Labute approximate surface area is 112 Å². The fraction of sp³-hybridized carbons (Fsp3) is 0.357. The SMILES string of the molecule is CCN(CC)c1ccc(NCc2ccsc2)cn1. The average Bonchev–Trinajstić information content (AvgIpc) is 2.92. The molecule has 4 heteroatoms. The molecule has 0 saturated heterocycles. The summed E-state index contributed by atoms with van der Waals surface area (Å²) in [5.41, 5.74) is 2.38. The zero-order valence-corrected chi connectivity index (χ0v) is 11.7. The number of rotatable bonds is 6. The van der Waals surface area contributed by atoms with E-state index in [0.717, 1.165) is 31.1 Å². The summed E-state index contributed by atoms with van der Waals surface area (Å²) in [6, 6.07) is 6.30. The Bertz CT molecular complexity index is 446. The Balaban J connectivity index is 1.95. The maximum atomic E-state index is 4.49. The maximum absolute atomic E-state index is 4.49. The Morgan fingerprint density at radius 1 is 1.22 bits per heavy atom. The van der Waals surface area contributed by atoms with Crippen LogP contribution in [0.5, 0.6) is 0 Å². The quantitative estimate of drug-likeness (QED) is 0.861. The van der Waals surface area contributed by atoms with Crippen LogP contribution in [0.15, 0.2) is 35.2 Å². The van der Waals surface area contributed by atoms with Crippen LogP contribution >= 0.6 is 11.3 Å². The van der Waals surface area contributed by atoms with E-state index in [-0.39, 0.29) is 0 Å². The molecule has 2 aromatic heterocycles. The summed E-state index contributed by atoms with van der Waals surface area (Å²) < 4.78 is 0. The number of nitrogens with zero attached hydrogens (tertiary/aromatic N) is 2. The van der Waals surface area contributed by atoms with E-state index in [0.29, 0.717) is 0 Å². The lowest BCUT2D eigenvalue weighted by Gasteiger charge is -2.19. The molecule has 96 valence electrons. The van der Waals surface area contributed by atoms with Crippen LogP contribution in [0, 0.1) is 0 Å². The molecule has 0 bridgehead atoms. The van der Waals surface area contributed by atoms with Crippen molar-refractivity contribution in [1.82, 2.24) is 4.98 Å². The van der Waals surface area contributed by atoms with Gasteiger partial charge in [-0.15, -0.1) is 0 Å². The van der Waals surface area contributed by atoms with Crippen LogP contribution in [0.4, 0.5) is 11.5 Å². The number of pyridine rings is 1. The second-order valence-electron chi connectivity index (χ2n) is 4.06. The first-order valence-corrected chi connectivity index (χ1v) is 7.23. The third-order valence-corrected chi connectivity index (χ3v) is 3.64. The van der Waals surface area contributed by atoms with Crippen LogP contribution in [0.2, 0.25) is 0 Å². The van der Waals surface area contributed by atoms with Crippen molar-refractivity contribution in [2.75, 3.05) is 23.3 Å². The lowest BCUT2D eigenvalue weighted by atomic mass is 10.3. The van der Waals surface area contributed by atoms with Gasteiger partial charge in [-0.05, 0) is 48.4 Å². The van der Waals surface area contributed by atoms with E-state index in [1.54, 1.807) is 11.3 Å². The fourth-order valence-electron chi connectivity index (χ4n) is 1.82. The smallest absolute Gasteiger partial charge is 0.128 e. The van der Waals surface area contributed by atoms with Gasteiger partial charge in [-0.25, -0.2) is 4.98 Å². The van der Waals surface area contributed by atoms with Crippen LogP contribution in [-0.2, 0) is 6.54 Å².